The molecule has 1 fully saturated rings. The smallest absolute Gasteiger partial charge is 0.288 e. The first kappa shape index (κ1) is 16.3. The zero-order valence-electron chi connectivity index (χ0n) is 18.0. The lowest BCUT2D eigenvalue weighted by atomic mass is 9.49. The van der Waals surface area contributed by atoms with Crippen LogP contribution in [-0.4, -0.2) is 32.9 Å². The Morgan fingerprint density at radius 1 is 1.36 bits per heavy atom. The SMILES string of the molecule is [2H]C1([2H])c2ccncc2C(=O)N1C1C(C)(C)C(Oc2cnc([N+]#[C-])c(Cl)c2)C1(C)C. The average molecular weight is 399 g/mol. The van der Waals surface area contributed by atoms with Crippen LogP contribution in [0.4, 0.5) is 5.82 Å². The number of carbonyl (C=O) groups is 1. The highest BCUT2D eigenvalue weighted by atomic mass is 35.5. The zero-order valence-corrected chi connectivity index (χ0v) is 16.8. The van der Waals surface area contributed by atoms with Crippen LogP contribution in [0.25, 0.3) is 4.85 Å². The highest BCUT2D eigenvalue weighted by Gasteiger charge is 2.67. The van der Waals surface area contributed by atoms with E-state index in [2.05, 4.69) is 14.8 Å². The Morgan fingerprint density at radius 3 is 2.68 bits per heavy atom. The molecule has 28 heavy (non-hydrogen) atoms. The van der Waals surface area contributed by atoms with E-state index in [9.17, 15) is 4.79 Å². The molecule has 0 N–H and O–H groups in total. The van der Waals surface area contributed by atoms with E-state index in [0.717, 1.165) is 0 Å². The van der Waals surface area contributed by atoms with Crippen molar-refractivity contribution in [2.75, 3.05) is 0 Å². The third kappa shape index (κ3) is 2.57. The molecule has 0 spiro atoms. The van der Waals surface area contributed by atoms with Gasteiger partial charge in [0.15, 0.2) is 11.9 Å². The monoisotopic (exact) mass is 398 g/mol. The van der Waals surface area contributed by atoms with Crippen LogP contribution in [0.3, 0.4) is 0 Å². The summed E-state index contributed by atoms with van der Waals surface area (Å²) in [4.78, 5) is 25.8. The molecule has 1 aliphatic heterocycles. The fraction of sp³-hybridized carbons (Fsp3) is 0.429. The first-order valence-electron chi connectivity index (χ1n) is 9.92. The number of halogens is 1. The molecular weight excluding hydrogens is 376 g/mol. The maximum atomic E-state index is 13.2. The third-order valence-electron chi connectivity index (χ3n) is 5.69. The third-order valence-corrected chi connectivity index (χ3v) is 5.97. The van der Waals surface area contributed by atoms with E-state index in [1.807, 2.05) is 27.7 Å². The number of amides is 1. The Kier molecular flexibility index (Phi) is 3.60. The van der Waals surface area contributed by atoms with E-state index in [0.29, 0.717) is 16.9 Å². The summed E-state index contributed by atoms with van der Waals surface area (Å²) >= 11 is 6.09. The average Bonchev–Trinajstić information content (AvgIpc) is 2.87. The minimum Gasteiger partial charge on any atom is -0.485 e. The van der Waals surface area contributed by atoms with Crippen molar-refractivity contribution in [2.24, 2.45) is 10.8 Å². The number of aromatic nitrogens is 2. The molecule has 0 aromatic carbocycles. The van der Waals surface area contributed by atoms with E-state index in [4.69, 9.17) is 25.7 Å². The van der Waals surface area contributed by atoms with Crippen LogP contribution in [0.1, 0.15) is 46.4 Å². The van der Waals surface area contributed by atoms with Gasteiger partial charge in [0, 0.05) is 35.8 Å². The minimum atomic E-state index is -1.94. The summed E-state index contributed by atoms with van der Waals surface area (Å²) in [6.07, 6.45) is 4.05. The normalized spacial score (nSPS) is 27.1. The van der Waals surface area contributed by atoms with Gasteiger partial charge in [0.1, 0.15) is 6.10 Å². The van der Waals surface area contributed by atoms with Crippen molar-refractivity contribution < 1.29 is 12.3 Å². The molecule has 0 atom stereocenters. The van der Waals surface area contributed by atoms with Crippen molar-refractivity contribution in [1.82, 2.24) is 14.9 Å². The van der Waals surface area contributed by atoms with Gasteiger partial charge in [-0.2, -0.15) is 0 Å². The lowest BCUT2D eigenvalue weighted by Crippen LogP contribution is -2.74. The predicted molar refractivity (Wildman–Crippen MR) is 105 cm³/mol. The Balaban J connectivity index is 1.67. The number of ether oxygens (including phenoxy) is 1. The molecule has 1 saturated carbocycles. The van der Waals surface area contributed by atoms with Crippen LogP contribution < -0.4 is 4.74 Å². The van der Waals surface area contributed by atoms with E-state index in [1.165, 1.54) is 23.5 Å². The van der Waals surface area contributed by atoms with Crippen LogP contribution in [-0.2, 0) is 6.50 Å². The molecule has 6 nitrogen and oxygen atoms in total. The van der Waals surface area contributed by atoms with Crippen molar-refractivity contribution in [3.8, 4) is 5.75 Å². The number of hydrogen-bond donors (Lipinski definition) is 0. The predicted octanol–water partition coefficient (Wildman–Crippen LogP) is 4.52. The lowest BCUT2D eigenvalue weighted by Gasteiger charge is -2.65. The molecule has 0 radical (unpaired) electrons. The van der Waals surface area contributed by atoms with E-state index in [-0.39, 0.29) is 22.9 Å². The Morgan fingerprint density at radius 2 is 2.07 bits per heavy atom. The molecule has 1 amide bonds. The second kappa shape index (κ2) is 6.18. The van der Waals surface area contributed by atoms with Crippen molar-refractivity contribution in [3.05, 3.63) is 58.3 Å². The highest BCUT2D eigenvalue weighted by Crippen LogP contribution is 2.59. The summed E-state index contributed by atoms with van der Waals surface area (Å²) in [7, 11) is 0. The Hall–Kier alpha value is -2.65. The molecule has 144 valence electrons. The van der Waals surface area contributed by atoms with Crippen molar-refractivity contribution in [1.29, 1.82) is 0 Å². The summed E-state index contributed by atoms with van der Waals surface area (Å²) in [5.41, 5.74) is -0.492. The number of hydrogen-bond acceptors (Lipinski definition) is 4. The standard InChI is InChI=1S/C21H21ClN4O2/c1-20(2)18(26-11-12-6-7-24-10-14(12)17(26)27)21(3,4)19(20)28-13-8-15(22)16(23-5)25-9-13/h6-10,18-19H,11H2,1-4H3/i11D2. The van der Waals surface area contributed by atoms with Gasteiger partial charge in [-0.15, -0.1) is 4.98 Å². The summed E-state index contributed by atoms with van der Waals surface area (Å²) in [5.74, 6) is 0.176. The fourth-order valence-corrected chi connectivity index (χ4v) is 5.13. The van der Waals surface area contributed by atoms with Gasteiger partial charge in [-0.25, -0.2) is 0 Å². The molecule has 2 aromatic rings. The van der Waals surface area contributed by atoms with E-state index < -0.39 is 23.4 Å². The van der Waals surface area contributed by atoms with Crippen LogP contribution in [0.15, 0.2) is 30.7 Å². The van der Waals surface area contributed by atoms with Gasteiger partial charge in [-0.3, -0.25) is 9.78 Å². The number of carbonyl (C=O) groups excluding carboxylic acids is 1. The maximum Gasteiger partial charge on any atom is 0.288 e. The summed E-state index contributed by atoms with van der Waals surface area (Å²) in [6, 6.07) is 2.70. The van der Waals surface area contributed by atoms with Crippen LogP contribution in [0.5, 0.6) is 5.75 Å². The molecule has 3 heterocycles. The van der Waals surface area contributed by atoms with Crippen molar-refractivity contribution in [2.45, 2.75) is 46.3 Å². The van der Waals surface area contributed by atoms with Crippen LogP contribution >= 0.6 is 11.6 Å². The molecule has 2 aromatic heterocycles. The molecular formula is C21H21ClN4O2. The second-order valence-corrected chi connectivity index (χ2v) is 8.75. The zero-order chi connectivity index (χ0) is 22.1. The quantitative estimate of drug-likeness (QED) is 0.713. The number of fused-ring (bicyclic) bond motifs is 1. The van der Waals surface area contributed by atoms with Crippen molar-refractivity contribution >= 4 is 23.3 Å². The Bertz CT molecular complexity index is 1080. The van der Waals surface area contributed by atoms with Crippen LogP contribution in [0.2, 0.25) is 5.02 Å². The number of pyridine rings is 2. The van der Waals surface area contributed by atoms with Gasteiger partial charge in [0.2, 0.25) is 0 Å². The molecule has 0 bridgehead atoms. The summed E-state index contributed by atoms with van der Waals surface area (Å²) in [5, 5.41) is 0.211. The summed E-state index contributed by atoms with van der Waals surface area (Å²) < 4.78 is 23.6. The highest BCUT2D eigenvalue weighted by molar-refractivity contribution is 6.33. The molecule has 2 aliphatic rings. The van der Waals surface area contributed by atoms with Gasteiger partial charge < -0.3 is 14.5 Å². The lowest BCUT2D eigenvalue weighted by molar-refractivity contribution is -0.199. The van der Waals surface area contributed by atoms with Gasteiger partial charge in [0.05, 0.1) is 13.3 Å². The van der Waals surface area contributed by atoms with Gasteiger partial charge in [-0.05, 0) is 17.7 Å². The first-order chi connectivity index (χ1) is 13.9. The van der Waals surface area contributed by atoms with Gasteiger partial charge in [0.25, 0.3) is 11.7 Å². The summed E-state index contributed by atoms with van der Waals surface area (Å²) in [6.45, 7) is 13.0. The molecule has 1 aliphatic carbocycles. The van der Waals surface area contributed by atoms with Crippen LogP contribution in [0, 0.1) is 17.4 Å². The topological polar surface area (TPSA) is 59.7 Å². The molecule has 7 heteroatoms. The molecule has 0 unspecified atom stereocenters. The van der Waals surface area contributed by atoms with Gasteiger partial charge >= 0.3 is 0 Å². The van der Waals surface area contributed by atoms with Gasteiger partial charge in [-0.1, -0.05) is 45.9 Å². The molecule has 4 rings (SSSR count). The van der Waals surface area contributed by atoms with E-state index in [1.54, 1.807) is 12.1 Å². The molecule has 0 saturated heterocycles. The second-order valence-electron chi connectivity index (χ2n) is 8.34. The van der Waals surface area contributed by atoms with Crippen molar-refractivity contribution in [3.63, 3.8) is 0 Å². The maximum absolute atomic E-state index is 13.2. The fourth-order valence-electron chi connectivity index (χ4n) is 4.93. The Labute approximate surface area is 172 Å². The largest absolute Gasteiger partial charge is 0.485 e. The first-order valence-corrected chi connectivity index (χ1v) is 9.29. The minimum absolute atomic E-state index is 0.108. The van der Waals surface area contributed by atoms with E-state index >= 15 is 0 Å². The number of nitrogens with zero attached hydrogens (tertiary/aromatic N) is 4. The number of rotatable bonds is 3.